The summed E-state index contributed by atoms with van der Waals surface area (Å²) in [6.45, 7) is 0. The Morgan fingerprint density at radius 1 is 0.806 bits per heavy atom. The first kappa shape index (κ1) is 21.2. The van der Waals surface area contributed by atoms with Crippen molar-refractivity contribution in [2.75, 3.05) is 14.2 Å². The van der Waals surface area contributed by atoms with Crippen molar-refractivity contribution >= 4 is 23.3 Å². The van der Waals surface area contributed by atoms with E-state index in [1.807, 2.05) is 12.1 Å². The number of nitrogens with zero attached hydrogens (tertiary/aromatic N) is 3. The van der Waals surface area contributed by atoms with Gasteiger partial charge in [-0.3, -0.25) is 25.2 Å². The number of hydrogen-bond donors (Lipinski definition) is 0. The van der Waals surface area contributed by atoms with E-state index in [0.717, 1.165) is 12.1 Å². The molecule has 3 rings (SSSR count). The Morgan fingerprint density at radius 2 is 1.52 bits per heavy atom. The van der Waals surface area contributed by atoms with Crippen LogP contribution in [0.15, 0.2) is 65.7 Å². The molecule has 0 bridgehead atoms. The van der Waals surface area contributed by atoms with Crippen LogP contribution in [0.3, 0.4) is 0 Å². The molecule has 0 atom stereocenters. The van der Waals surface area contributed by atoms with E-state index >= 15 is 0 Å². The second-order valence-electron chi connectivity index (χ2n) is 6.11. The standard InChI is InChI=1S/C21H17N3O7/c1-29-18-6-4-3-5-16(18)22-13-14-7-9-20(21(11-14)30-2)31-19-10-8-15(23(25)26)12-17(19)24(27)28/h3-13H,1-2H3. The number of para-hydroxylation sites is 2. The molecule has 0 amide bonds. The molecule has 158 valence electrons. The zero-order chi connectivity index (χ0) is 22.4. The number of methoxy groups -OCH3 is 2. The molecule has 0 aliphatic carbocycles. The first-order chi connectivity index (χ1) is 14.9. The fourth-order valence-electron chi connectivity index (χ4n) is 2.70. The minimum absolute atomic E-state index is 0.149. The van der Waals surface area contributed by atoms with E-state index in [-0.39, 0.29) is 11.5 Å². The Morgan fingerprint density at radius 3 is 2.19 bits per heavy atom. The van der Waals surface area contributed by atoms with E-state index in [1.54, 1.807) is 43.7 Å². The summed E-state index contributed by atoms with van der Waals surface area (Å²) in [6, 6.07) is 15.3. The van der Waals surface area contributed by atoms with Gasteiger partial charge in [0.15, 0.2) is 11.5 Å². The number of hydrogen-bond acceptors (Lipinski definition) is 8. The molecule has 0 aromatic heterocycles. The average molecular weight is 423 g/mol. The molecule has 3 aromatic rings. The fraction of sp³-hybridized carbons (Fsp3) is 0.0952. The molecule has 3 aromatic carbocycles. The maximum Gasteiger partial charge on any atom is 0.318 e. The van der Waals surface area contributed by atoms with E-state index in [0.29, 0.717) is 22.7 Å². The summed E-state index contributed by atoms with van der Waals surface area (Å²) in [7, 11) is 2.98. The number of aliphatic imine (C=N–C) groups is 1. The third-order valence-electron chi connectivity index (χ3n) is 4.20. The molecular weight excluding hydrogens is 406 g/mol. The fourth-order valence-corrected chi connectivity index (χ4v) is 2.70. The summed E-state index contributed by atoms with van der Waals surface area (Å²) in [5, 5.41) is 22.2. The Kier molecular flexibility index (Phi) is 6.41. The van der Waals surface area contributed by atoms with Crippen molar-refractivity contribution in [2.45, 2.75) is 0 Å². The molecule has 0 spiro atoms. The van der Waals surface area contributed by atoms with Crippen molar-refractivity contribution in [1.29, 1.82) is 0 Å². The van der Waals surface area contributed by atoms with Crippen LogP contribution in [0.5, 0.6) is 23.0 Å². The molecule has 0 aliphatic rings. The van der Waals surface area contributed by atoms with Gasteiger partial charge < -0.3 is 14.2 Å². The molecular formula is C21H17N3O7. The van der Waals surface area contributed by atoms with Gasteiger partial charge in [0.05, 0.1) is 30.1 Å². The normalized spacial score (nSPS) is 10.6. The Hall–Kier alpha value is -4.47. The van der Waals surface area contributed by atoms with Crippen molar-refractivity contribution in [2.24, 2.45) is 4.99 Å². The van der Waals surface area contributed by atoms with Gasteiger partial charge in [-0.2, -0.15) is 0 Å². The van der Waals surface area contributed by atoms with Gasteiger partial charge in [-0.25, -0.2) is 0 Å². The molecule has 10 nitrogen and oxygen atoms in total. The molecule has 10 heteroatoms. The second-order valence-corrected chi connectivity index (χ2v) is 6.11. The molecule has 0 radical (unpaired) electrons. The molecule has 31 heavy (non-hydrogen) atoms. The summed E-state index contributed by atoms with van der Waals surface area (Å²) in [6.07, 6.45) is 1.61. The second kappa shape index (κ2) is 9.35. The number of non-ortho nitro benzene ring substituents is 1. The molecule has 0 N–H and O–H groups in total. The zero-order valence-corrected chi connectivity index (χ0v) is 16.6. The van der Waals surface area contributed by atoms with Crippen molar-refractivity contribution in [1.82, 2.24) is 0 Å². The van der Waals surface area contributed by atoms with E-state index in [1.165, 1.54) is 13.2 Å². The highest BCUT2D eigenvalue weighted by Gasteiger charge is 2.22. The molecule has 0 unspecified atom stereocenters. The van der Waals surface area contributed by atoms with Crippen molar-refractivity contribution in [3.8, 4) is 23.0 Å². The van der Waals surface area contributed by atoms with Crippen LogP contribution in [0.2, 0.25) is 0 Å². The van der Waals surface area contributed by atoms with Gasteiger partial charge in [0.25, 0.3) is 5.69 Å². The van der Waals surface area contributed by atoms with Gasteiger partial charge in [0.2, 0.25) is 5.75 Å². The van der Waals surface area contributed by atoms with Crippen molar-refractivity contribution in [3.63, 3.8) is 0 Å². The predicted molar refractivity (Wildman–Crippen MR) is 113 cm³/mol. The highest BCUT2D eigenvalue weighted by molar-refractivity contribution is 5.84. The average Bonchev–Trinajstić information content (AvgIpc) is 2.78. The van der Waals surface area contributed by atoms with Crippen LogP contribution in [0.4, 0.5) is 17.1 Å². The van der Waals surface area contributed by atoms with Crippen LogP contribution in [0, 0.1) is 20.2 Å². The van der Waals surface area contributed by atoms with Gasteiger partial charge >= 0.3 is 5.69 Å². The van der Waals surface area contributed by atoms with Crippen molar-refractivity contribution < 1.29 is 24.1 Å². The number of nitro benzene ring substituents is 2. The third kappa shape index (κ3) is 4.93. The smallest absolute Gasteiger partial charge is 0.318 e. The van der Waals surface area contributed by atoms with Crippen LogP contribution < -0.4 is 14.2 Å². The summed E-state index contributed by atoms with van der Waals surface area (Å²) in [5.41, 5.74) is 0.395. The molecule has 0 aliphatic heterocycles. The van der Waals surface area contributed by atoms with Crippen LogP contribution in [0.25, 0.3) is 0 Å². The minimum Gasteiger partial charge on any atom is -0.494 e. The summed E-state index contributed by atoms with van der Waals surface area (Å²) >= 11 is 0. The van der Waals surface area contributed by atoms with Crippen molar-refractivity contribution in [3.05, 3.63) is 86.5 Å². The van der Waals surface area contributed by atoms with E-state index in [4.69, 9.17) is 14.2 Å². The largest absolute Gasteiger partial charge is 0.494 e. The van der Waals surface area contributed by atoms with Gasteiger partial charge in [-0.1, -0.05) is 12.1 Å². The Bertz CT molecular complexity index is 1160. The first-order valence-corrected chi connectivity index (χ1v) is 8.88. The number of rotatable bonds is 8. The van der Waals surface area contributed by atoms with Gasteiger partial charge in [-0.05, 0) is 42.0 Å². The zero-order valence-electron chi connectivity index (χ0n) is 16.6. The number of benzene rings is 3. The highest BCUT2D eigenvalue weighted by atomic mass is 16.6. The lowest BCUT2D eigenvalue weighted by Gasteiger charge is -2.11. The lowest BCUT2D eigenvalue weighted by Crippen LogP contribution is -1.97. The van der Waals surface area contributed by atoms with E-state index in [2.05, 4.69) is 4.99 Å². The van der Waals surface area contributed by atoms with E-state index in [9.17, 15) is 20.2 Å². The lowest BCUT2D eigenvalue weighted by atomic mass is 10.2. The quantitative estimate of drug-likeness (QED) is 0.281. The van der Waals surface area contributed by atoms with Crippen LogP contribution in [-0.2, 0) is 0 Å². The highest BCUT2D eigenvalue weighted by Crippen LogP contribution is 2.38. The van der Waals surface area contributed by atoms with Crippen LogP contribution in [0.1, 0.15) is 5.56 Å². The SMILES string of the molecule is COc1ccccc1N=Cc1ccc(Oc2ccc([N+](=O)[O-])cc2[N+](=O)[O-])c(OC)c1. The molecule has 0 heterocycles. The monoisotopic (exact) mass is 423 g/mol. The van der Waals surface area contributed by atoms with Gasteiger partial charge in [0, 0.05) is 12.3 Å². The van der Waals surface area contributed by atoms with Crippen LogP contribution >= 0.6 is 0 Å². The predicted octanol–water partition coefficient (Wildman–Crippen LogP) is 5.06. The number of ether oxygens (including phenoxy) is 3. The van der Waals surface area contributed by atoms with E-state index < -0.39 is 21.2 Å². The third-order valence-corrected chi connectivity index (χ3v) is 4.20. The molecule has 0 saturated carbocycles. The van der Waals surface area contributed by atoms with Gasteiger partial charge in [0.1, 0.15) is 11.4 Å². The summed E-state index contributed by atoms with van der Waals surface area (Å²) in [5.74, 6) is 0.978. The Balaban J connectivity index is 1.90. The molecule has 0 saturated heterocycles. The topological polar surface area (TPSA) is 126 Å². The summed E-state index contributed by atoms with van der Waals surface area (Å²) < 4.78 is 16.2. The maximum atomic E-state index is 11.3. The number of nitro groups is 2. The summed E-state index contributed by atoms with van der Waals surface area (Å²) in [4.78, 5) is 25.1. The van der Waals surface area contributed by atoms with Gasteiger partial charge in [-0.15, -0.1) is 0 Å². The Labute approximate surface area is 176 Å². The molecule has 0 fully saturated rings. The lowest BCUT2D eigenvalue weighted by molar-refractivity contribution is -0.394. The maximum absolute atomic E-state index is 11.3. The minimum atomic E-state index is -0.747. The first-order valence-electron chi connectivity index (χ1n) is 8.88. The van der Waals surface area contributed by atoms with Crippen LogP contribution in [-0.4, -0.2) is 30.3 Å².